The number of rotatable bonds is 9. The van der Waals surface area contributed by atoms with Crippen LogP contribution < -0.4 is 0 Å². The molecular formula is C30H46O4. The van der Waals surface area contributed by atoms with E-state index < -0.39 is 11.9 Å². The maximum atomic E-state index is 11.5. The molecule has 1 unspecified atom stereocenters. The average Bonchev–Trinajstić information content (AvgIpc) is 3.03. The van der Waals surface area contributed by atoms with Gasteiger partial charge in [-0.15, -0.1) is 0 Å². The molecule has 2 saturated carbocycles. The molecule has 2 N–H and O–H groups in total. The lowest BCUT2D eigenvalue weighted by Crippen LogP contribution is -2.52. The molecule has 4 nitrogen and oxygen atoms in total. The second-order valence-electron chi connectivity index (χ2n) is 12.4. The quantitative estimate of drug-likeness (QED) is 0.268. The third-order valence-electron chi connectivity index (χ3n) is 10.7. The maximum absolute atomic E-state index is 11.5. The van der Waals surface area contributed by atoms with Crippen molar-refractivity contribution >= 4 is 11.9 Å². The van der Waals surface area contributed by atoms with E-state index in [1.807, 2.05) is 6.08 Å². The SMILES string of the molecule is C=C(C)[C@@H]1CC[C@@H]2C(=CC[C@]3(C)[C@@H](C(C)CC/C=C(/C)C(=O)O)CC[C@@]23C)[C@@]1(C)CCC(=O)O. The third-order valence-corrected chi connectivity index (χ3v) is 10.7. The molecule has 0 aliphatic heterocycles. The van der Waals surface area contributed by atoms with E-state index in [0.717, 1.165) is 25.7 Å². The van der Waals surface area contributed by atoms with Gasteiger partial charge in [0.2, 0.25) is 0 Å². The van der Waals surface area contributed by atoms with E-state index >= 15 is 0 Å². The van der Waals surface area contributed by atoms with Gasteiger partial charge in [-0.2, -0.15) is 0 Å². The molecule has 190 valence electrons. The Morgan fingerprint density at radius 2 is 1.82 bits per heavy atom. The van der Waals surface area contributed by atoms with Crippen LogP contribution >= 0.6 is 0 Å². The lowest BCUT2D eigenvalue weighted by molar-refractivity contribution is -0.138. The zero-order valence-electron chi connectivity index (χ0n) is 22.2. The summed E-state index contributed by atoms with van der Waals surface area (Å²) in [5, 5.41) is 18.6. The van der Waals surface area contributed by atoms with E-state index in [1.165, 1.54) is 30.4 Å². The Morgan fingerprint density at radius 1 is 1.15 bits per heavy atom. The fraction of sp³-hybridized carbons (Fsp3) is 0.733. The number of carbonyl (C=O) groups is 2. The van der Waals surface area contributed by atoms with Gasteiger partial charge in [-0.05, 0) is 105 Å². The molecule has 0 aromatic heterocycles. The molecular weight excluding hydrogens is 424 g/mol. The van der Waals surface area contributed by atoms with E-state index in [9.17, 15) is 14.7 Å². The van der Waals surface area contributed by atoms with Crippen LogP contribution in [-0.4, -0.2) is 22.2 Å². The molecule has 0 spiro atoms. The van der Waals surface area contributed by atoms with Crippen LogP contribution in [0.4, 0.5) is 0 Å². The van der Waals surface area contributed by atoms with Gasteiger partial charge in [-0.3, -0.25) is 4.79 Å². The van der Waals surface area contributed by atoms with Crippen LogP contribution in [-0.2, 0) is 9.59 Å². The van der Waals surface area contributed by atoms with Crippen LogP contribution in [0.5, 0.6) is 0 Å². The number of allylic oxidation sites excluding steroid dienone is 4. The Hall–Kier alpha value is -1.84. The van der Waals surface area contributed by atoms with Crippen LogP contribution in [0.1, 0.15) is 99.3 Å². The Balaban J connectivity index is 1.89. The van der Waals surface area contributed by atoms with Gasteiger partial charge in [-0.1, -0.05) is 57.6 Å². The van der Waals surface area contributed by atoms with Crippen molar-refractivity contribution in [1.82, 2.24) is 0 Å². The first kappa shape index (κ1) is 26.8. The minimum atomic E-state index is -0.825. The lowest BCUT2D eigenvalue weighted by atomic mass is 9.44. The number of aliphatic carboxylic acids is 2. The molecule has 7 atom stereocenters. The summed E-state index contributed by atoms with van der Waals surface area (Å²) in [7, 11) is 0. The van der Waals surface area contributed by atoms with E-state index in [-0.39, 0.29) is 22.7 Å². The van der Waals surface area contributed by atoms with E-state index in [4.69, 9.17) is 5.11 Å². The van der Waals surface area contributed by atoms with Crippen LogP contribution in [0.25, 0.3) is 0 Å². The predicted octanol–water partition coefficient (Wildman–Crippen LogP) is 7.66. The first-order valence-corrected chi connectivity index (χ1v) is 13.3. The van der Waals surface area contributed by atoms with Crippen LogP contribution in [0.15, 0.2) is 35.5 Å². The molecule has 0 aromatic rings. The molecule has 0 radical (unpaired) electrons. The Kier molecular flexibility index (Phi) is 7.60. The molecule has 34 heavy (non-hydrogen) atoms. The maximum Gasteiger partial charge on any atom is 0.330 e. The molecule has 3 aliphatic rings. The number of fused-ring (bicyclic) bond motifs is 3. The minimum absolute atomic E-state index is 0.125. The molecule has 4 heteroatoms. The largest absolute Gasteiger partial charge is 0.481 e. The van der Waals surface area contributed by atoms with Crippen molar-refractivity contribution in [3.8, 4) is 0 Å². The van der Waals surface area contributed by atoms with Crippen molar-refractivity contribution in [2.24, 2.45) is 39.9 Å². The number of hydrogen-bond donors (Lipinski definition) is 2. The molecule has 0 aromatic carbocycles. The second kappa shape index (κ2) is 9.66. The van der Waals surface area contributed by atoms with Crippen molar-refractivity contribution in [3.63, 3.8) is 0 Å². The fourth-order valence-corrected chi connectivity index (χ4v) is 8.44. The molecule has 0 bridgehead atoms. The van der Waals surface area contributed by atoms with Crippen LogP contribution in [0.2, 0.25) is 0 Å². The summed E-state index contributed by atoms with van der Waals surface area (Å²) in [6.45, 7) is 17.8. The Labute approximate surface area is 206 Å². The molecule has 3 aliphatic carbocycles. The van der Waals surface area contributed by atoms with Gasteiger partial charge in [0.05, 0.1) is 0 Å². The normalized spacial score (nSPS) is 38.5. The van der Waals surface area contributed by atoms with Gasteiger partial charge in [-0.25, -0.2) is 4.79 Å². The Morgan fingerprint density at radius 3 is 2.41 bits per heavy atom. The third kappa shape index (κ3) is 4.42. The Bertz CT molecular complexity index is 897. The summed E-state index contributed by atoms with van der Waals surface area (Å²) >= 11 is 0. The summed E-state index contributed by atoms with van der Waals surface area (Å²) in [5.74, 6) is 0.491. The number of carboxylic acid groups (broad SMARTS) is 2. The highest BCUT2D eigenvalue weighted by Gasteiger charge is 2.63. The van der Waals surface area contributed by atoms with Crippen molar-refractivity contribution in [2.75, 3.05) is 0 Å². The van der Waals surface area contributed by atoms with Crippen LogP contribution in [0, 0.1) is 39.9 Å². The standard InChI is InChI=1S/C30H46O4/c1-19(2)22-11-12-25-24(28(22,5)16-15-26(31)32)14-18-29(6)23(13-17-30(25,29)7)20(3)9-8-10-21(4)27(33)34/h10,14,20,22-23,25H,1,8-9,11-13,15-18H2,2-7H3,(H,31,32)(H,33,34)/b21-10-/t20?,22-,23+,25+,28-,29+,30-/m0/s1. The highest BCUT2D eigenvalue weighted by Crippen LogP contribution is 2.71. The zero-order chi connectivity index (χ0) is 25.5. The van der Waals surface area contributed by atoms with Crippen LogP contribution in [0.3, 0.4) is 0 Å². The van der Waals surface area contributed by atoms with Gasteiger partial charge in [0.25, 0.3) is 0 Å². The summed E-state index contributed by atoms with van der Waals surface area (Å²) in [5.41, 5.74) is 3.45. The van der Waals surface area contributed by atoms with E-state index in [0.29, 0.717) is 35.7 Å². The highest BCUT2D eigenvalue weighted by atomic mass is 16.4. The highest BCUT2D eigenvalue weighted by molar-refractivity contribution is 5.85. The summed E-state index contributed by atoms with van der Waals surface area (Å²) in [4.78, 5) is 22.7. The number of hydrogen-bond acceptors (Lipinski definition) is 2. The predicted molar refractivity (Wildman–Crippen MR) is 137 cm³/mol. The topological polar surface area (TPSA) is 74.6 Å². The zero-order valence-corrected chi connectivity index (χ0v) is 22.2. The molecule has 0 amide bonds. The van der Waals surface area contributed by atoms with Gasteiger partial charge in [0, 0.05) is 12.0 Å². The van der Waals surface area contributed by atoms with E-state index in [2.05, 4.69) is 47.3 Å². The molecule has 0 saturated heterocycles. The van der Waals surface area contributed by atoms with Gasteiger partial charge >= 0.3 is 11.9 Å². The van der Waals surface area contributed by atoms with Gasteiger partial charge in [0.1, 0.15) is 0 Å². The van der Waals surface area contributed by atoms with Crippen molar-refractivity contribution < 1.29 is 19.8 Å². The molecule has 2 fully saturated rings. The number of carboxylic acids is 2. The van der Waals surface area contributed by atoms with Crippen molar-refractivity contribution in [3.05, 3.63) is 35.5 Å². The average molecular weight is 471 g/mol. The second-order valence-corrected chi connectivity index (χ2v) is 12.4. The fourth-order valence-electron chi connectivity index (χ4n) is 8.44. The minimum Gasteiger partial charge on any atom is -0.481 e. The van der Waals surface area contributed by atoms with Crippen molar-refractivity contribution in [2.45, 2.75) is 99.3 Å². The van der Waals surface area contributed by atoms with Crippen molar-refractivity contribution in [1.29, 1.82) is 0 Å². The lowest BCUT2D eigenvalue weighted by Gasteiger charge is -2.60. The molecule has 3 rings (SSSR count). The summed E-state index contributed by atoms with van der Waals surface area (Å²) in [6.07, 6.45) is 12.9. The first-order chi connectivity index (χ1) is 15.8. The molecule has 0 heterocycles. The first-order valence-electron chi connectivity index (χ1n) is 13.3. The van der Waals surface area contributed by atoms with Gasteiger partial charge in [0.15, 0.2) is 0 Å². The summed E-state index contributed by atoms with van der Waals surface area (Å²) < 4.78 is 0. The van der Waals surface area contributed by atoms with E-state index in [1.54, 1.807) is 6.92 Å². The summed E-state index contributed by atoms with van der Waals surface area (Å²) in [6, 6.07) is 0. The van der Waals surface area contributed by atoms with Gasteiger partial charge < -0.3 is 10.2 Å². The smallest absolute Gasteiger partial charge is 0.330 e. The monoisotopic (exact) mass is 470 g/mol.